The van der Waals surface area contributed by atoms with E-state index in [9.17, 15) is 18.4 Å². The zero-order valence-corrected chi connectivity index (χ0v) is 14.6. The van der Waals surface area contributed by atoms with Crippen molar-refractivity contribution in [2.75, 3.05) is 18.0 Å². The summed E-state index contributed by atoms with van der Waals surface area (Å²) in [5.74, 6) is -0.952. The molecule has 0 radical (unpaired) electrons. The lowest BCUT2D eigenvalue weighted by Crippen LogP contribution is -2.47. The van der Waals surface area contributed by atoms with Gasteiger partial charge < -0.3 is 15.1 Å². The van der Waals surface area contributed by atoms with Gasteiger partial charge in [-0.1, -0.05) is 18.2 Å². The molecule has 7 heteroatoms. The summed E-state index contributed by atoms with van der Waals surface area (Å²) in [7, 11) is 0. The fourth-order valence-electron chi connectivity index (χ4n) is 3.67. The third-order valence-electron chi connectivity index (χ3n) is 5.06. The quantitative estimate of drug-likeness (QED) is 0.883. The smallest absolute Gasteiger partial charge is 0.318 e. The Morgan fingerprint density at radius 3 is 2.74 bits per heavy atom. The maximum Gasteiger partial charge on any atom is 0.318 e. The number of rotatable bonds is 2. The van der Waals surface area contributed by atoms with Crippen LogP contribution in [0.4, 0.5) is 19.3 Å². The van der Waals surface area contributed by atoms with Gasteiger partial charge in [0.1, 0.15) is 11.6 Å². The Morgan fingerprint density at radius 1 is 1.11 bits per heavy atom. The maximum absolute atomic E-state index is 13.9. The average Bonchev–Trinajstić information content (AvgIpc) is 3.01. The molecule has 3 amide bonds. The second-order valence-corrected chi connectivity index (χ2v) is 6.89. The molecule has 2 aliphatic rings. The number of halogens is 2. The summed E-state index contributed by atoms with van der Waals surface area (Å²) in [5, 5.41) is 2.87. The van der Waals surface area contributed by atoms with Crippen LogP contribution < -0.4 is 10.2 Å². The molecular formula is C20H19F2N3O2. The standard InChI is InChI=1S/C20H19F2N3O2/c21-15-6-5-14-11-24(8-7-13(14)9-15)20(27)23-16-10-19(26)25(12-16)18-4-2-1-3-17(18)22/h1-6,9,16H,7-8,10-12H2,(H,23,27). The van der Waals surface area contributed by atoms with Gasteiger partial charge in [0.25, 0.3) is 0 Å². The molecule has 27 heavy (non-hydrogen) atoms. The lowest BCUT2D eigenvalue weighted by molar-refractivity contribution is -0.117. The highest BCUT2D eigenvalue weighted by molar-refractivity contribution is 5.96. The number of carbonyl (C=O) groups excluding carboxylic acids is 2. The van der Waals surface area contributed by atoms with Crippen LogP contribution in [-0.4, -0.2) is 36.0 Å². The normalized spacial score (nSPS) is 19.2. The molecule has 140 valence electrons. The first kappa shape index (κ1) is 17.5. The van der Waals surface area contributed by atoms with Crippen LogP contribution in [0.25, 0.3) is 0 Å². The third-order valence-corrected chi connectivity index (χ3v) is 5.06. The van der Waals surface area contributed by atoms with Crippen molar-refractivity contribution in [2.45, 2.75) is 25.4 Å². The van der Waals surface area contributed by atoms with Crippen LogP contribution in [0.3, 0.4) is 0 Å². The van der Waals surface area contributed by atoms with E-state index in [1.54, 1.807) is 29.2 Å². The third kappa shape index (κ3) is 3.49. The number of benzene rings is 2. The number of fused-ring (bicyclic) bond motifs is 1. The number of anilines is 1. The Bertz CT molecular complexity index is 903. The summed E-state index contributed by atoms with van der Waals surface area (Å²) in [5.41, 5.74) is 2.07. The molecule has 0 aliphatic carbocycles. The van der Waals surface area contributed by atoms with Crippen LogP contribution in [0.5, 0.6) is 0 Å². The molecule has 2 aliphatic heterocycles. The molecule has 0 aromatic heterocycles. The molecule has 0 spiro atoms. The van der Waals surface area contributed by atoms with E-state index in [1.807, 2.05) is 0 Å². The van der Waals surface area contributed by atoms with Crippen molar-refractivity contribution >= 4 is 17.6 Å². The molecule has 2 aromatic carbocycles. The number of nitrogens with zero attached hydrogens (tertiary/aromatic N) is 2. The largest absolute Gasteiger partial charge is 0.333 e. The molecule has 1 atom stereocenters. The van der Waals surface area contributed by atoms with Gasteiger partial charge in [-0.25, -0.2) is 13.6 Å². The second-order valence-electron chi connectivity index (χ2n) is 6.89. The molecule has 1 fully saturated rings. The Kier molecular flexibility index (Phi) is 4.51. The van der Waals surface area contributed by atoms with Crippen molar-refractivity contribution in [3.63, 3.8) is 0 Å². The zero-order valence-electron chi connectivity index (χ0n) is 14.6. The summed E-state index contributed by atoms with van der Waals surface area (Å²) in [6.07, 6.45) is 0.723. The maximum atomic E-state index is 13.9. The Labute approximate surface area is 155 Å². The minimum Gasteiger partial charge on any atom is -0.333 e. The predicted octanol–water partition coefficient (Wildman–Crippen LogP) is 2.84. The molecule has 2 aromatic rings. The monoisotopic (exact) mass is 371 g/mol. The number of carbonyl (C=O) groups is 2. The summed E-state index contributed by atoms with van der Waals surface area (Å²) >= 11 is 0. The highest BCUT2D eigenvalue weighted by Crippen LogP contribution is 2.25. The number of amides is 3. The SMILES string of the molecule is O=C(NC1CC(=O)N(c2ccccc2F)C1)N1CCc2cc(F)ccc2C1. The van der Waals surface area contributed by atoms with E-state index >= 15 is 0 Å². The number of hydrogen-bond acceptors (Lipinski definition) is 2. The first-order valence-electron chi connectivity index (χ1n) is 8.89. The number of nitrogens with one attached hydrogen (secondary N) is 1. The van der Waals surface area contributed by atoms with Gasteiger partial charge in [-0.15, -0.1) is 0 Å². The molecule has 1 N–H and O–H groups in total. The highest BCUT2D eigenvalue weighted by atomic mass is 19.1. The number of urea groups is 1. The van der Waals surface area contributed by atoms with E-state index in [0.29, 0.717) is 19.5 Å². The fraction of sp³-hybridized carbons (Fsp3) is 0.300. The lowest BCUT2D eigenvalue weighted by Gasteiger charge is -2.30. The zero-order chi connectivity index (χ0) is 19.0. The van der Waals surface area contributed by atoms with Gasteiger partial charge in [0.05, 0.1) is 11.7 Å². The highest BCUT2D eigenvalue weighted by Gasteiger charge is 2.34. The minimum absolute atomic E-state index is 0.135. The molecular weight excluding hydrogens is 352 g/mol. The Balaban J connectivity index is 1.40. The van der Waals surface area contributed by atoms with E-state index in [2.05, 4.69) is 5.32 Å². The van der Waals surface area contributed by atoms with Gasteiger partial charge in [-0.2, -0.15) is 0 Å². The van der Waals surface area contributed by atoms with Crippen molar-refractivity contribution < 1.29 is 18.4 Å². The van der Waals surface area contributed by atoms with Crippen molar-refractivity contribution in [3.8, 4) is 0 Å². The first-order chi connectivity index (χ1) is 13.0. The van der Waals surface area contributed by atoms with Crippen LogP contribution >= 0.6 is 0 Å². The summed E-state index contributed by atoms with van der Waals surface area (Å²) < 4.78 is 27.3. The van der Waals surface area contributed by atoms with Gasteiger partial charge in [0.2, 0.25) is 5.91 Å². The Morgan fingerprint density at radius 2 is 1.93 bits per heavy atom. The molecule has 4 rings (SSSR count). The van der Waals surface area contributed by atoms with Gasteiger partial charge in [-0.3, -0.25) is 4.79 Å². The predicted molar refractivity (Wildman–Crippen MR) is 96.2 cm³/mol. The minimum atomic E-state index is -0.460. The fourth-order valence-corrected chi connectivity index (χ4v) is 3.67. The van der Waals surface area contributed by atoms with Crippen LogP contribution in [0, 0.1) is 11.6 Å². The van der Waals surface area contributed by atoms with E-state index < -0.39 is 5.82 Å². The molecule has 0 saturated carbocycles. The molecule has 0 bridgehead atoms. The molecule has 1 unspecified atom stereocenters. The van der Waals surface area contributed by atoms with Gasteiger partial charge >= 0.3 is 6.03 Å². The van der Waals surface area contributed by atoms with E-state index in [1.165, 1.54) is 23.1 Å². The summed E-state index contributed by atoms with van der Waals surface area (Å²) in [6, 6.07) is 10.1. The summed E-state index contributed by atoms with van der Waals surface area (Å²) in [4.78, 5) is 27.9. The van der Waals surface area contributed by atoms with Gasteiger partial charge in [-0.05, 0) is 41.8 Å². The van der Waals surface area contributed by atoms with Crippen molar-refractivity contribution in [1.82, 2.24) is 10.2 Å². The average molecular weight is 371 g/mol. The second kappa shape index (κ2) is 6.98. The molecule has 2 heterocycles. The summed E-state index contributed by atoms with van der Waals surface area (Å²) in [6.45, 7) is 1.13. The van der Waals surface area contributed by atoms with Crippen LogP contribution in [-0.2, 0) is 17.8 Å². The van der Waals surface area contributed by atoms with E-state index in [-0.39, 0.29) is 42.5 Å². The van der Waals surface area contributed by atoms with Crippen LogP contribution in [0.1, 0.15) is 17.5 Å². The van der Waals surface area contributed by atoms with Crippen LogP contribution in [0.15, 0.2) is 42.5 Å². The van der Waals surface area contributed by atoms with Crippen LogP contribution in [0.2, 0.25) is 0 Å². The van der Waals surface area contributed by atoms with Crippen molar-refractivity contribution in [3.05, 3.63) is 65.2 Å². The lowest BCUT2D eigenvalue weighted by atomic mass is 10.00. The molecule has 1 saturated heterocycles. The first-order valence-corrected chi connectivity index (χ1v) is 8.89. The van der Waals surface area contributed by atoms with E-state index in [4.69, 9.17) is 0 Å². The number of hydrogen-bond donors (Lipinski definition) is 1. The van der Waals surface area contributed by atoms with E-state index in [0.717, 1.165) is 11.1 Å². The van der Waals surface area contributed by atoms with Crippen molar-refractivity contribution in [1.29, 1.82) is 0 Å². The topological polar surface area (TPSA) is 52.7 Å². The number of para-hydroxylation sites is 1. The Hall–Kier alpha value is -2.96. The van der Waals surface area contributed by atoms with Gasteiger partial charge in [0, 0.05) is 26.1 Å². The van der Waals surface area contributed by atoms with Gasteiger partial charge in [0.15, 0.2) is 0 Å². The van der Waals surface area contributed by atoms with Crippen molar-refractivity contribution in [2.24, 2.45) is 0 Å². The molecule has 5 nitrogen and oxygen atoms in total.